The molecule has 3 heterocycles. The molecule has 5 heteroatoms. The van der Waals surface area contributed by atoms with E-state index in [1.165, 1.54) is 12.8 Å². The average Bonchev–Trinajstić information content (AvgIpc) is 2.96. The second-order valence-electron chi connectivity index (χ2n) is 5.35. The molecule has 2 aliphatic rings. The van der Waals surface area contributed by atoms with Crippen LogP contribution in [0.4, 0.5) is 11.5 Å². The first-order valence-corrected chi connectivity index (χ1v) is 6.99. The number of aromatic nitrogens is 2. The van der Waals surface area contributed by atoms with Crippen LogP contribution in [0.25, 0.3) is 11.3 Å². The molecule has 0 spiro atoms. The first-order valence-electron chi connectivity index (χ1n) is 6.99. The van der Waals surface area contributed by atoms with E-state index in [9.17, 15) is 5.11 Å². The zero-order valence-corrected chi connectivity index (χ0v) is 11.1. The van der Waals surface area contributed by atoms with Crippen LogP contribution in [0.1, 0.15) is 12.8 Å². The normalized spacial score (nSPS) is 20.2. The van der Waals surface area contributed by atoms with Crippen molar-refractivity contribution in [1.82, 2.24) is 10.2 Å². The van der Waals surface area contributed by atoms with Crippen LogP contribution in [0.2, 0.25) is 0 Å². The molecule has 5 nitrogen and oxygen atoms in total. The lowest BCUT2D eigenvalue weighted by atomic mass is 10.1. The Kier molecular flexibility index (Phi) is 2.52. The number of nitrogens with zero attached hydrogens (tertiary/aromatic N) is 3. The van der Waals surface area contributed by atoms with Gasteiger partial charge in [-0.25, -0.2) is 0 Å². The predicted molar refractivity (Wildman–Crippen MR) is 78.0 cm³/mol. The number of fused-ring (bicyclic) bond motifs is 3. The van der Waals surface area contributed by atoms with E-state index in [4.69, 9.17) is 0 Å². The van der Waals surface area contributed by atoms with Crippen LogP contribution in [-0.4, -0.2) is 34.4 Å². The molecule has 20 heavy (non-hydrogen) atoms. The molecule has 0 radical (unpaired) electrons. The first kappa shape index (κ1) is 11.5. The van der Waals surface area contributed by atoms with Crippen molar-refractivity contribution in [3.63, 3.8) is 0 Å². The van der Waals surface area contributed by atoms with E-state index >= 15 is 0 Å². The van der Waals surface area contributed by atoms with E-state index in [1.54, 1.807) is 6.07 Å². The topological polar surface area (TPSA) is 61.3 Å². The summed E-state index contributed by atoms with van der Waals surface area (Å²) in [5.41, 5.74) is 2.55. The standard InChI is InChI=1S/C15H16N4O/c20-14-6-2-1-5-11(14)12-8-13-15(18-17-12)16-9-10-4-3-7-19(10)13/h1-2,5-6,8,10,20H,3-4,7,9H2,(H,16,18). The van der Waals surface area contributed by atoms with Gasteiger partial charge in [-0.1, -0.05) is 12.1 Å². The molecule has 102 valence electrons. The second-order valence-corrected chi connectivity index (χ2v) is 5.35. The van der Waals surface area contributed by atoms with Crippen molar-refractivity contribution in [3.05, 3.63) is 30.3 Å². The van der Waals surface area contributed by atoms with Gasteiger partial charge in [0, 0.05) is 24.7 Å². The molecule has 1 atom stereocenters. The van der Waals surface area contributed by atoms with Gasteiger partial charge >= 0.3 is 0 Å². The number of rotatable bonds is 1. The molecule has 0 bridgehead atoms. The second kappa shape index (κ2) is 4.37. The molecule has 1 fully saturated rings. The predicted octanol–water partition coefficient (Wildman–Crippen LogP) is 2.24. The highest BCUT2D eigenvalue weighted by Gasteiger charge is 2.31. The number of nitrogens with one attached hydrogen (secondary N) is 1. The monoisotopic (exact) mass is 268 g/mol. The Morgan fingerprint density at radius 3 is 3.05 bits per heavy atom. The maximum atomic E-state index is 9.96. The molecule has 0 aliphatic carbocycles. The number of para-hydroxylation sites is 1. The van der Waals surface area contributed by atoms with Gasteiger partial charge in [0.1, 0.15) is 5.75 Å². The molecular weight excluding hydrogens is 252 g/mol. The Hall–Kier alpha value is -2.30. The van der Waals surface area contributed by atoms with Gasteiger partial charge < -0.3 is 15.3 Å². The van der Waals surface area contributed by atoms with E-state index in [2.05, 4.69) is 20.4 Å². The maximum Gasteiger partial charge on any atom is 0.172 e. The van der Waals surface area contributed by atoms with Gasteiger partial charge in [0.15, 0.2) is 5.82 Å². The number of aromatic hydroxyl groups is 1. The number of phenols is 1. The number of phenolic OH excluding ortho intramolecular Hbond substituents is 1. The Labute approximate surface area is 117 Å². The summed E-state index contributed by atoms with van der Waals surface area (Å²) in [6.07, 6.45) is 2.45. The van der Waals surface area contributed by atoms with E-state index in [-0.39, 0.29) is 5.75 Å². The Bertz CT molecular complexity index is 658. The Morgan fingerprint density at radius 2 is 2.15 bits per heavy atom. The van der Waals surface area contributed by atoms with Crippen LogP contribution >= 0.6 is 0 Å². The molecule has 1 unspecified atom stereocenters. The van der Waals surface area contributed by atoms with Crippen LogP contribution in [0, 0.1) is 0 Å². The average molecular weight is 268 g/mol. The molecule has 1 aromatic heterocycles. The lowest BCUT2D eigenvalue weighted by molar-refractivity contribution is 0.477. The summed E-state index contributed by atoms with van der Waals surface area (Å²) in [5.74, 6) is 1.09. The Balaban J connectivity index is 1.81. The molecule has 4 rings (SSSR count). The van der Waals surface area contributed by atoms with Crippen LogP contribution < -0.4 is 10.2 Å². The minimum atomic E-state index is 0.239. The summed E-state index contributed by atoms with van der Waals surface area (Å²) >= 11 is 0. The van der Waals surface area contributed by atoms with E-state index < -0.39 is 0 Å². The summed E-state index contributed by atoms with van der Waals surface area (Å²) in [4.78, 5) is 2.41. The fourth-order valence-electron chi connectivity index (χ4n) is 3.13. The minimum absolute atomic E-state index is 0.239. The highest BCUT2D eigenvalue weighted by molar-refractivity contribution is 5.76. The first-order chi connectivity index (χ1) is 9.83. The lowest BCUT2D eigenvalue weighted by Gasteiger charge is -2.33. The molecule has 2 aromatic rings. The third-order valence-electron chi connectivity index (χ3n) is 4.15. The summed E-state index contributed by atoms with van der Waals surface area (Å²) < 4.78 is 0. The fraction of sp³-hybridized carbons (Fsp3) is 0.333. The van der Waals surface area contributed by atoms with Crippen LogP contribution in [0.5, 0.6) is 5.75 Å². The van der Waals surface area contributed by atoms with E-state index in [0.29, 0.717) is 6.04 Å². The summed E-state index contributed by atoms with van der Waals surface area (Å²) in [7, 11) is 0. The summed E-state index contributed by atoms with van der Waals surface area (Å²) in [6.45, 7) is 2.02. The van der Waals surface area contributed by atoms with Crippen molar-refractivity contribution >= 4 is 11.5 Å². The van der Waals surface area contributed by atoms with Gasteiger partial charge in [0.25, 0.3) is 0 Å². The van der Waals surface area contributed by atoms with Crippen LogP contribution in [-0.2, 0) is 0 Å². The minimum Gasteiger partial charge on any atom is -0.507 e. The van der Waals surface area contributed by atoms with Crippen molar-refractivity contribution in [2.24, 2.45) is 0 Å². The van der Waals surface area contributed by atoms with Crippen molar-refractivity contribution < 1.29 is 5.11 Å². The number of benzene rings is 1. The van der Waals surface area contributed by atoms with Crippen molar-refractivity contribution in [3.8, 4) is 17.0 Å². The van der Waals surface area contributed by atoms with Gasteiger partial charge in [-0.05, 0) is 31.0 Å². The third kappa shape index (κ3) is 1.70. The van der Waals surface area contributed by atoms with Gasteiger partial charge in [0.05, 0.1) is 11.4 Å². The highest BCUT2D eigenvalue weighted by atomic mass is 16.3. The SMILES string of the molecule is Oc1ccccc1-c1cc2c(nn1)NCC1CCCN21. The molecular formula is C15H16N4O. The van der Waals surface area contributed by atoms with Gasteiger partial charge in [-0.15, -0.1) is 10.2 Å². The summed E-state index contributed by atoms with van der Waals surface area (Å²) in [6, 6.07) is 9.83. The van der Waals surface area contributed by atoms with Crippen molar-refractivity contribution in [2.45, 2.75) is 18.9 Å². The van der Waals surface area contributed by atoms with Gasteiger partial charge in [-0.2, -0.15) is 0 Å². The van der Waals surface area contributed by atoms with Crippen molar-refractivity contribution in [2.75, 3.05) is 23.3 Å². The Morgan fingerprint density at radius 1 is 1.25 bits per heavy atom. The van der Waals surface area contributed by atoms with Crippen molar-refractivity contribution in [1.29, 1.82) is 0 Å². The van der Waals surface area contributed by atoms with E-state index in [0.717, 1.165) is 35.9 Å². The maximum absolute atomic E-state index is 9.96. The van der Waals surface area contributed by atoms with Gasteiger partial charge in [-0.3, -0.25) is 0 Å². The van der Waals surface area contributed by atoms with E-state index in [1.807, 2.05) is 24.3 Å². The molecule has 2 N–H and O–H groups in total. The summed E-state index contributed by atoms with van der Waals surface area (Å²) in [5, 5.41) is 21.8. The molecule has 1 aromatic carbocycles. The molecule has 0 saturated carbocycles. The zero-order chi connectivity index (χ0) is 13.5. The number of hydrogen-bond acceptors (Lipinski definition) is 5. The molecule has 0 amide bonds. The van der Waals surface area contributed by atoms with Gasteiger partial charge in [0.2, 0.25) is 0 Å². The lowest BCUT2D eigenvalue weighted by Crippen LogP contribution is -2.39. The quantitative estimate of drug-likeness (QED) is 0.830. The highest BCUT2D eigenvalue weighted by Crippen LogP contribution is 2.37. The number of hydrogen-bond donors (Lipinski definition) is 2. The smallest absolute Gasteiger partial charge is 0.172 e. The van der Waals surface area contributed by atoms with Crippen LogP contribution in [0.15, 0.2) is 30.3 Å². The van der Waals surface area contributed by atoms with Crippen LogP contribution in [0.3, 0.4) is 0 Å². The zero-order valence-electron chi connectivity index (χ0n) is 11.1. The third-order valence-corrected chi connectivity index (χ3v) is 4.15. The largest absolute Gasteiger partial charge is 0.507 e. The molecule has 2 aliphatic heterocycles. The number of anilines is 2. The molecule has 1 saturated heterocycles. The fourth-order valence-corrected chi connectivity index (χ4v) is 3.13.